The van der Waals surface area contributed by atoms with E-state index in [9.17, 15) is 14.4 Å². The van der Waals surface area contributed by atoms with Crippen LogP contribution in [0.3, 0.4) is 0 Å². The van der Waals surface area contributed by atoms with Gasteiger partial charge in [0, 0.05) is 17.8 Å². The van der Waals surface area contributed by atoms with Gasteiger partial charge in [0.05, 0.1) is 5.39 Å². The summed E-state index contributed by atoms with van der Waals surface area (Å²) in [4.78, 5) is 37.4. The molecule has 0 aliphatic heterocycles. The molecule has 1 aromatic heterocycles. The number of hydrogen-bond acceptors (Lipinski definition) is 4. The van der Waals surface area contributed by atoms with Crippen molar-refractivity contribution in [3.63, 3.8) is 0 Å². The zero-order chi connectivity index (χ0) is 18.3. The molecule has 26 heavy (non-hydrogen) atoms. The Morgan fingerprint density at radius 2 is 1.92 bits per heavy atom. The van der Waals surface area contributed by atoms with E-state index in [4.69, 9.17) is 0 Å². The Bertz CT molecular complexity index is 936. The zero-order valence-corrected chi connectivity index (χ0v) is 14.7. The molecule has 0 radical (unpaired) electrons. The van der Waals surface area contributed by atoms with Gasteiger partial charge in [-0.05, 0) is 44.1 Å². The highest BCUT2D eigenvalue weighted by atomic mass is 16.2. The van der Waals surface area contributed by atoms with E-state index in [1.54, 1.807) is 31.2 Å². The first kappa shape index (κ1) is 16.8. The summed E-state index contributed by atoms with van der Waals surface area (Å²) in [5.41, 5.74) is 4.94. The summed E-state index contributed by atoms with van der Waals surface area (Å²) in [6, 6.07) is 6.87. The van der Waals surface area contributed by atoms with Crippen molar-refractivity contribution < 1.29 is 9.59 Å². The van der Waals surface area contributed by atoms with Crippen LogP contribution in [0.4, 0.5) is 0 Å². The Hall–Kier alpha value is -2.70. The first-order chi connectivity index (χ1) is 12.6. The van der Waals surface area contributed by atoms with Crippen LogP contribution >= 0.6 is 0 Å². The highest BCUT2D eigenvalue weighted by Crippen LogP contribution is 2.48. The lowest BCUT2D eigenvalue weighted by molar-refractivity contribution is -0.127. The number of nitrogens with one attached hydrogen (secondary N) is 2. The second-order valence-corrected chi connectivity index (χ2v) is 7.24. The largest absolute Gasteiger partial charge is 0.290 e. The van der Waals surface area contributed by atoms with Crippen molar-refractivity contribution in [2.75, 3.05) is 0 Å². The number of aromatic nitrogens is 2. The van der Waals surface area contributed by atoms with Gasteiger partial charge in [0.2, 0.25) is 5.91 Å². The van der Waals surface area contributed by atoms with Crippen LogP contribution < -0.4 is 16.4 Å². The number of hydrazine groups is 1. The zero-order valence-electron chi connectivity index (χ0n) is 14.7. The van der Waals surface area contributed by atoms with Crippen LogP contribution in [0.1, 0.15) is 43.1 Å². The standard InChI is InChI=1S/C19H22N4O3/c1-2-23-19(26)14-6-4-3-5-13(14)16(22-23)18(25)21-20-17(24)15-10-11-7-8-12(15)9-11/h3-6,11-12,15H,2,7-10H2,1H3,(H,20,24)(H,21,25). The average Bonchev–Trinajstić information content (AvgIpc) is 3.30. The number of benzene rings is 1. The van der Waals surface area contributed by atoms with Gasteiger partial charge in [0.1, 0.15) is 0 Å². The fourth-order valence-electron chi connectivity index (χ4n) is 4.45. The molecule has 2 N–H and O–H groups in total. The Balaban J connectivity index is 1.54. The van der Waals surface area contributed by atoms with Crippen LogP contribution in [-0.4, -0.2) is 21.6 Å². The molecule has 2 fully saturated rings. The van der Waals surface area contributed by atoms with Crippen LogP contribution in [0.5, 0.6) is 0 Å². The molecule has 1 heterocycles. The fourth-order valence-corrected chi connectivity index (χ4v) is 4.45. The SMILES string of the molecule is CCn1nc(C(=O)NNC(=O)C2CC3CCC2C3)c2ccccc2c1=O. The molecule has 2 saturated carbocycles. The lowest BCUT2D eigenvalue weighted by Gasteiger charge is -2.20. The lowest BCUT2D eigenvalue weighted by atomic mass is 9.88. The molecule has 3 atom stereocenters. The second-order valence-electron chi connectivity index (χ2n) is 7.24. The maximum absolute atomic E-state index is 12.6. The van der Waals surface area contributed by atoms with E-state index < -0.39 is 5.91 Å². The van der Waals surface area contributed by atoms with E-state index in [2.05, 4.69) is 16.0 Å². The quantitative estimate of drug-likeness (QED) is 0.819. The van der Waals surface area contributed by atoms with E-state index in [1.165, 1.54) is 11.1 Å². The van der Waals surface area contributed by atoms with Crippen LogP contribution in [0.2, 0.25) is 0 Å². The molecular weight excluding hydrogens is 332 g/mol. The van der Waals surface area contributed by atoms with Gasteiger partial charge in [0.25, 0.3) is 11.5 Å². The van der Waals surface area contributed by atoms with E-state index in [0.717, 1.165) is 19.3 Å². The molecule has 2 amide bonds. The van der Waals surface area contributed by atoms with Crippen molar-refractivity contribution >= 4 is 22.6 Å². The number of amides is 2. The fraction of sp³-hybridized carbons (Fsp3) is 0.474. The average molecular weight is 354 g/mol. The Kier molecular flexibility index (Phi) is 4.22. The van der Waals surface area contributed by atoms with Gasteiger partial charge in [-0.2, -0.15) is 5.10 Å². The third-order valence-corrected chi connectivity index (χ3v) is 5.76. The van der Waals surface area contributed by atoms with E-state index in [-0.39, 0.29) is 23.1 Å². The molecule has 3 unspecified atom stereocenters. The van der Waals surface area contributed by atoms with Gasteiger partial charge >= 0.3 is 0 Å². The summed E-state index contributed by atoms with van der Waals surface area (Å²) in [5, 5.41) is 5.09. The minimum atomic E-state index is -0.514. The molecule has 4 rings (SSSR count). The summed E-state index contributed by atoms with van der Waals surface area (Å²) < 4.78 is 1.26. The number of rotatable bonds is 3. The normalized spacial score (nSPS) is 24.0. The monoisotopic (exact) mass is 354 g/mol. The van der Waals surface area contributed by atoms with E-state index >= 15 is 0 Å². The summed E-state index contributed by atoms with van der Waals surface area (Å²) in [5.74, 6) is 0.449. The third kappa shape index (κ3) is 2.77. The predicted octanol–water partition coefficient (Wildman–Crippen LogP) is 1.61. The van der Waals surface area contributed by atoms with Crippen molar-refractivity contribution in [2.45, 2.75) is 39.2 Å². The third-order valence-electron chi connectivity index (χ3n) is 5.76. The van der Waals surface area contributed by atoms with Gasteiger partial charge in [-0.3, -0.25) is 25.2 Å². The molecule has 7 heteroatoms. The number of carbonyl (C=O) groups is 2. The van der Waals surface area contributed by atoms with Crippen molar-refractivity contribution in [1.82, 2.24) is 20.6 Å². The number of aryl methyl sites for hydroxylation is 1. The van der Waals surface area contributed by atoms with Gasteiger partial charge < -0.3 is 0 Å². The molecule has 2 aromatic rings. The van der Waals surface area contributed by atoms with Gasteiger partial charge in [-0.1, -0.05) is 24.6 Å². The van der Waals surface area contributed by atoms with E-state index in [1.807, 2.05) is 0 Å². The van der Waals surface area contributed by atoms with Crippen molar-refractivity contribution in [3.05, 3.63) is 40.3 Å². The van der Waals surface area contributed by atoms with Gasteiger partial charge in [0.15, 0.2) is 5.69 Å². The molecule has 1 aromatic carbocycles. The topological polar surface area (TPSA) is 93.1 Å². The summed E-state index contributed by atoms with van der Waals surface area (Å²) in [6.45, 7) is 2.16. The number of hydrogen-bond donors (Lipinski definition) is 2. The minimum Gasteiger partial charge on any atom is -0.273 e. The molecule has 2 bridgehead atoms. The lowest BCUT2D eigenvalue weighted by Crippen LogP contribution is -2.46. The molecule has 2 aliphatic carbocycles. The number of nitrogens with zero attached hydrogens (tertiary/aromatic N) is 2. The first-order valence-electron chi connectivity index (χ1n) is 9.18. The minimum absolute atomic E-state index is 0.0108. The highest BCUT2D eigenvalue weighted by molar-refractivity contribution is 6.05. The second kappa shape index (κ2) is 6.55. The molecule has 0 saturated heterocycles. The summed E-state index contributed by atoms with van der Waals surface area (Å²) >= 11 is 0. The van der Waals surface area contributed by atoms with Crippen molar-refractivity contribution in [3.8, 4) is 0 Å². The van der Waals surface area contributed by atoms with Crippen molar-refractivity contribution in [2.24, 2.45) is 17.8 Å². The van der Waals surface area contributed by atoms with Gasteiger partial charge in [-0.15, -0.1) is 0 Å². The smallest absolute Gasteiger partial charge is 0.273 e. The summed E-state index contributed by atoms with van der Waals surface area (Å²) in [7, 11) is 0. The molecule has 0 spiro atoms. The van der Waals surface area contributed by atoms with Crippen LogP contribution in [0.25, 0.3) is 10.8 Å². The Morgan fingerprint density at radius 3 is 2.58 bits per heavy atom. The number of fused-ring (bicyclic) bond motifs is 3. The molecule has 2 aliphatic rings. The molecular formula is C19H22N4O3. The molecule has 136 valence electrons. The van der Waals surface area contributed by atoms with Crippen LogP contribution in [0.15, 0.2) is 29.1 Å². The van der Waals surface area contributed by atoms with Gasteiger partial charge in [-0.25, -0.2) is 4.68 Å². The highest BCUT2D eigenvalue weighted by Gasteiger charge is 2.43. The Morgan fingerprint density at radius 1 is 1.15 bits per heavy atom. The van der Waals surface area contributed by atoms with Crippen molar-refractivity contribution in [1.29, 1.82) is 0 Å². The van der Waals surface area contributed by atoms with E-state index in [0.29, 0.717) is 29.2 Å². The maximum Gasteiger partial charge on any atom is 0.290 e. The Labute approximate surface area is 150 Å². The number of carbonyl (C=O) groups excluding carboxylic acids is 2. The predicted molar refractivity (Wildman–Crippen MR) is 96.2 cm³/mol. The molecule has 7 nitrogen and oxygen atoms in total. The van der Waals surface area contributed by atoms with Crippen LogP contribution in [-0.2, 0) is 11.3 Å². The summed E-state index contributed by atoms with van der Waals surface area (Å²) in [6.07, 6.45) is 4.35. The van der Waals surface area contributed by atoms with Crippen LogP contribution in [0, 0.1) is 17.8 Å². The maximum atomic E-state index is 12.6. The first-order valence-corrected chi connectivity index (χ1v) is 9.18.